The van der Waals surface area contributed by atoms with E-state index in [2.05, 4.69) is 5.10 Å². The van der Waals surface area contributed by atoms with E-state index in [0.717, 1.165) is 16.5 Å². The normalized spacial score (nSPS) is 13.4. The van der Waals surface area contributed by atoms with Crippen LogP contribution >= 0.6 is 0 Å². The molecule has 2 heterocycles. The second-order valence-electron chi connectivity index (χ2n) is 7.60. The second kappa shape index (κ2) is 8.82. The van der Waals surface area contributed by atoms with Crippen molar-refractivity contribution in [3.63, 3.8) is 0 Å². The molecule has 7 heteroatoms. The molecule has 3 aromatic carbocycles. The topological polar surface area (TPSA) is 82.8 Å². The van der Waals surface area contributed by atoms with Crippen molar-refractivity contribution in [2.75, 3.05) is 13.4 Å². The Morgan fingerprint density at radius 2 is 1.72 bits per heavy atom. The van der Waals surface area contributed by atoms with Gasteiger partial charge in [0.05, 0.1) is 36.9 Å². The lowest BCUT2D eigenvalue weighted by Crippen LogP contribution is -2.31. The SMILES string of the molecule is O=c1c2ccccc2c(-c2ccccc2)nn1CC(O)COCc1ccc2c(c1)OCO2. The van der Waals surface area contributed by atoms with E-state index >= 15 is 0 Å². The Morgan fingerprint density at radius 3 is 2.56 bits per heavy atom. The molecule has 1 aliphatic rings. The fourth-order valence-electron chi connectivity index (χ4n) is 3.76. The fraction of sp³-hybridized carbons (Fsp3) is 0.200. The zero-order valence-electron chi connectivity index (χ0n) is 17.3. The lowest BCUT2D eigenvalue weighted by Gasteiger charge is -2.15. The summed E-state index contributed by atoms with van der Waals surface area (Å²) in [6, 6.07) is 22.7. The van der Waals surface area contributed by atoms with Crippen molar-refractivity contribution in [3.05, 3.63) is 88.7 Å². The number of rotatable bonds is 7. The van der Waals surface area contributed by atoms with Crippen molar-refractivity contribution in [1.82, 2.24) is 9.78 Å². The highest BCUT2D eigenvalue weighted by molar-refractivity contribution is 5.93. The van der Waals surface area contributed by atoms with Gasteiger partial charge in [0.25, 0.3) is 5.56 Å². The average molecular weight is 430 g/mol. The van der Waals surface area contributed by atoms with E-state index in [-0.39, 0.29) is 25.5 Å². The Kier molecular flexibility index (Phi) is 5.58. The fourth-order valence-corrected chi connectivity index (χ4v) is 3.76. The number of fused-ring (bicyclic) bond motifs is 2. The lowest BCUT2D eigenvalue weighted by atomic mass is 10.1. The standard InChI is InChI=1S/C25H22N2O5/c28-19(15-30-14-17-10-11-22-23(12-17)32-16-31-22)13-27-25(29)21-9-5-4-8-20(21)24(26-27)18-6-2-1-3-7-18/h1-12,19,28H,13-16H2. The Morgan fingerprint density at radius 1 is 0.969 bits per heavy atom. The molecule has 1 unspecified atom stereocenters. The van der Waals surface area contributed by atoms with Crippen LogP contribution in [-0.2, 0) is 17.9 Å². The number of ether oxygens (including phenoxy) is 3. The molecule has 1 aliphatic heterocycles. The van der Waals surface area contributed by atoms with Gasteiger partial charge in [-0.2, -0.15) is 5.10 Å². The summed E-state index contributed by atoms with van der Waals surface area (Å²) >= 11 is 0. The van der Waals surface area contributed by atoms with Crippen molar-refractivity contribution in [2.45, 2.75) is 19.3 Å². The molecule has 0 radical (unpaired) electrons. The minimum Gasteiger partial charge on any atom is -0.454 e. The number of nitrogens with zero attached hydrogens (tertiary/aromatic N) is 2. The van der Waals surface area contributed by atoms with E-state index in [4.69, 9.17) is 14.2 Å². The molecule has 0 saturated heterocycles. The lowest BCUT2D eigenvalue weighted by molar-refractivity contribution is 0.0181. The molecular weight excluding hydrogens is 408 g/mol. The molecule has 1 aromatic heterocycles. The van der Waals surface area contributed by atoms with Crippen LogP contribution in [-0.4, -0.2) is 34.4 Å². The van der Waals surface area contributed by atoms with E-state index < -0.39 is 6.10 Å². The number of hydrogen-bond donors (Lipinski definition) is 1. The van der Waals surface area contributed by atoms with Crippen LogP contribution in [0.3, 0.4) is 0 Å². The molecule has 5 rings (SSSR count). The highest BCUT2D eigenvalue weighted by Gasteiger charge is 2.16. The first-order chi connectivity index (χ1) is 15.7. The van der Waals surface area contributed by atoms with Crippen molar-refractivity contribution >= 4 is 10.8 Å². The van der Waals surface area contributed by atoms with Crippen LogP contribution in [0.15, 0.2) is 77.6 Å². The smallest absolute Gasteiger partial charge is 0.274 e. The van der Waals surface area contributed by atoms with Crippen LogP contribution < -0.4 is 15.0 Å². The largest absolute Gasteiger partial charge is 0.454 e. The van der Waals surface area contributed by atoms with Gasteiger partial charge in [0, 0.05) is 10.9 Å². The molecule has 0 fully saturated rings. The summed E-state index contributed by atoms with van der Waals surface area (Å²) in [5, 5.41) is 16.4. The average Bonchev–Trinajstić information content (AvgIpc) is 3.29. The number of benzene rings is 3. The zero-order chi connectivity index (χ0) is 21.9. The predicted molar refractivity (Wildman–Crippen MR) is 120 cm³/mol. The zero-order valence-corrected chi connectivity index (χ0v) is 17.3. The second-order valence-corrected chi connectivity index (χ2v) is 7.60. The summed E-state index contributed by atoms with van der Waals surface area (Å²) < 4.78 is 17.7. The highest BCUT2D eigenvalue weighted by atomic mass is 16.7. The van der Waals surface area contributed by atoms with Crippen LogP contribution in [0, 0.1) is 0 Å². The molecule has 0 bridgehead atoms. The molecule has 0 saturated carbocycles. The number of aliphatic hydroxyl groups excluding tert-OH is 1. The molecule has 0 amide bonds. The quantitative estimate of drug-likeness (QED) is 0.484. The molecule has 0 aliphatic carbocycles. The molecule has 1 atom stereocenters. The van der Waals surface area contributed by atoms with Gasteiger partial charge in [0.1, 0.15) is 0 Å². The van der Waals surface area contributed by atoms with E-state index in [0.29, 0.717) is 29.2 Å². The number of aliphatic hydroxyl groups is 1. The third-order valence-electron chi connectivity index (χ3n) is 5.31. The predicted octanol–water partition coefficient (Wildman–Crippen LogP) is 3.37. The van der Waals surface area contributed by atoms with E-state index in [9.17, 15) is 9.90 Å². The third kappa shape index (κ3) is 4.08. The van der Waals surface area contributed by atoms with Crippen LogP contribution in [0.25, 0.3) is 22.0 Å². The van der Waals surface area contributed by atoms with Gasteiger partial charge in [-0.1, -0.05) is 54.6 Å². The summed E-state index contributed by atoms with van der Waals surface area (Å²) in [6.45, 7) is 0.626. The van der Waals surface area contributed by atoms with Gasteiger partial charge in [-0.25, -0.2) is 4.68 Å². The van der Waals surface area contributed by atoms with Crippen molar-refractivity contribution in [2.24, 2.45) is 0 Å². The van der Waals surface area contributed by atoms with Crippen LogP contribution in [0.5, 0.6) is 11.5 Å². The first-order valence-electron chi connectivity index (χ1n) is 10.4. The van der Waals surface area contributed by atoms with E-state index in [1.807, 2.05) is 66.7 Å². The number of aromatic nitrogens is 2. The molecule has 4 aromatic rings. The summed E-state index contributed by atoms with van der Waals surface area (Å²) in [4.78, 5) is 13.0. The van der Waals surface area contributed by atoms with E-state index in [1.54, 1.807) is 6.07 Å². The maximum atomic E-state index is 13.0. The Hall–Kier alpha value is -3.68. The first-order valence-corrected chi connectivity index (χ1v) is 10.4. The Labute approximate surface area is 184 Å². The maximum Gasteiger partial charge on any atom is 0.274 e. The van der Waals surface area contributed by atoms with Crippen LogP contribution in [0.4, 0.5) is 0 Å². The molecule has 162 valence electrons. The van der Waals surface area contributed by atoms with Gasteiger partial charge < -0.3 is 19.3 Å². The maximum absolute atomic E-state index is 13.0. The van der Waals surface area contributed by atoms with Gasteiger partial charge in [-0.15, -0.1) is 0 Å². The molecule has 1 N–H and O–H groups in total. The summed E-state index contributed by atoms with van der Waals surface area (Å²) in [5.74, 6) is 1.40. The highest BCUT2D eigenvalue weighted by Crippen LogP contribution is 2.32. The van der Waals surface area contributed by atoms with Gasteiger partial charge >= 0.3 is 0 Å². The number of hydrogen-bond acceptors (Lipinski definition) is 6. The van der Waals surface area contributed by atoms with Crippen molar-refractivity contribution in [3.8, 4) is 22.8 Å². The van der Waals surface area contributed by atoms with Crippen molar-refractivity contribution in [1.29, 1.82) is 0 Å². The Bertz CT molecular complexity index is 1300. The Balaban J connectivity index is 1.32. The third-order valence-corrected chi connectivity index (χ3v) is 5.31. The van der Waals surface area contributed by atoms with Gasteiger partial charge in [0.15, 0.2) is 11.5 Å². The summed E-state index contributed by atoms with van der Waals surface area (Å²) in [7, 11) is 0. The van der Waals surface area contributed by atoms with Gasteiger partial charge in [0.2, 0.25) is 6.79 Å². The van der Waals surface area contributed by atoms with Crippen LogP contribution in [0.2, 0.25) is 0 Å². The first kappa shape index (κ1) is 20.2. The molecule has 0 spiro atoms. The molecule has 32 heavy (non-hydrogen) atoms. The molecule has 7 nitrogen and oxygen atoms in total. The summed E-state index contributed by atoms with van der Waals surface area (Å²) in [6.07, 6.45) is -0.890. The monoisotopic (exact) mass is 430 g/mol. The van der Waals surface area contributed by atoms with Gasteiger partial charge in [-0.3, -0.25) is 4.79 Å². The molecular formula is C25H22N2O5. The summed E-state index contributed by atoms with van der Waals surface area (Å²) in [5.41, 5.74) is 2.28. The van der Waals surface area contributed by atoms with E-state index in [1.165, 1.54) is 4.68 Å². The van der Waals surface area contributed by atoms with Crippen molar-refractivity contribution < 1.29 is 19.3 Å². The van der Waals surface area contributed by atoms with Gasteiger partial charge in [-0.05, 0) is 23.8 Å². The van der Waals surface area contributed by atoms with Crippen LogP contribution in [0.1, 0.15) is 5.56 Å². The minimum absolute atomic E-state index is 0.0324. The minimum atomic E-state index is -0.890.